The molecule has 2 nitrogen and oxygen atoms in total. The lowest BCUT2D eigenvalue weighted by atomic mass is 10.1. The highest BCUT2D eigenvalue weighted by atomic mass is 19.1. The molecule has 0 aromatic carbocycles. The van der Waals surface area contributed by atoms with Crippen molar-refractivity contribution in [1.29, 1.82) is 0 Å². The Kier molecular flexibility index (Phi) is 1.63. The third kappa shape index (κ3) is 0.883. The Bertz CT molecular complexity index is 217. The van der Waals surface area contributed by atoms with Crippen molar-refractivity contribution in [1.82, 2.24) is 0 Å². The highest BCUT2D eigenvalue weighted by Crippen LogP contribution is 2.64. The van der Waals surface area contributed by atoms with Gasteiger partial charge < -0.3 is 4.74 Å². The number of esters is 1. The van der Waals surface area contributed by atoms with Crippen LogP contribution >= 0.6 is 0 Å². The number of alkyl halides is 1. The molecule has 0 amide bonds. The first kappa shape index (κ1) is 8.02. The smallest absolute Gasteiger partial charge is 0.312 e. The molecule has 3 unspecified atom stereocenters. The Morgan fingerprint density at radius 3 is 3.00 bits per heavy atom. The molecule has 0 heterocycles. The number of hydrogen-bond donors (Lipinski definition) is 0. The van der Waals surface area contributed by atoms with Gasteiger partial charge in [0.1, 0.15) is 5.67 Å². The van der Waals surface area contributed by atoms with E-state index in [1.54, 1.807) is 6.92 Å². The third-order valence-corrected chi connectivity index (χ3v) is 3.04. The third-order valence-electron chi connectivity index (χ3n) is 3.04. The van der Waals surface area contributed by atoms with Crippen LogP contribution in [0, 0.1) is 11.8 Å². The standard InChI is InChI=1S/C9H13FO2/c1-2-12-8(11)7-6-4-3-5-9(6,7)10/h6-7H,2-5H2,1H3. The van der Waals surface area contributed by atoms with Crippen LogP contribution in [-0.4, -0.2) is 18.2 Å². The number of hydrogen-bond acceptors (Lipinski definition) is 2. The molecular formula is C9H13FO2. The van der Waals surface area contributed by atoms with Gasteiger partial charge in [-0.1, -0.05) is 0 Å². The molecular weight excluding hydrogens is 159 g/mol. The van der Waals surface area contributed by atoms with Crippen molar-refractivity contribution >= 4 is 5.97 Å². The average Bonchev–Trinajstić information content (AvgIpc) is 2.40. The first-order chi connectivity index (χ1) is 5.70. The predicted molar refractivity (Wildman–Crippen MR) is 41.3 cm³/mol. The molecule has 0 aliphatic heterocycles. The van der Waals surface area contributed by atoms with Gasteiger partial charge in [0.15, 0.2) is 0 Å². The maximum Gasteiger partial charge on any atom is 0.312 e. The molecule has 0 spiro atoms. The molecule has 0 aromatic rings. The Balaban J connectivity index is 1.97. The summed E-state index contributed by atoms with van der Waals surface area (Å²) in [6, 6.07) is 0. The van der Waals surface area contributed by atoms with Crippen molar-refractivity contribution in [2.75, 3.05) is 6.61 Å². The SMILES string of the molecule is CCOC(=O)C1C2CCCC21F. The molecule has 0 bridgehead atoms. The Hall–Kier alpha value is -0.600. The van der Waals surface area contributed by atoms with Crippen LogP contribution in [0.2, 0.25) is 0 Å². The molecule has 3 heteroatoms. The van der Waals surface area contributed by atoms with Crippen molar-refractivity contribution in [3.63, 3.8) is 0 Å². The Morgan fingerprint density at radius 2 is 2.50 bits per heavy atom. The Morgan fingerprint density at radius 1 is 1.75 bits per heavy atom. The van der Waals surface area contributed by atoms with Crippen LogP contribution < -0.4 is 0 Å². The number of carbonyl (C=O) groups is 1. The highest BCUT2D eigenvalue weighted by molar-refractivity contribution is 5.79. The zero-order chi connectivity index (χ0) is 8.77. The van der Waals surface area contributed by atoms with Crippen molar-refractivity contribution in [2.45, 2.75) is 31.9 Å². The number of fused-ring (bicyclic) bond motifs is 1. The van der Waals surface area contributed by atoms with E-state index >= 15 is 0 Å². The van der Waals surface area contributed by atoms with Crippen LogP contribution in [0.4, 0.5) is 4.39 Å². The molecule has 2 saturated carbocycles. The number of halogens is 1. The van der Waals surface area contributed by atoms with Gasteiger partial charge in [-0.2, -0.15) is 0 Å². The van der Waals surface area contributed by atoms with E-state index in [2.05, 4.69) is 0 Å². The van der Waals surface area contributed by atoms with Crippen LogP contribution in [0.25, 0.3) is 0 Å². The van der Waals surface area contributed by atoms with Gasteiger partial charge in [0.05, 0.1) is 12.5 Å². The fourth-order valence-corrected chi connectivity index (χ4v) is 2.42. The molecule has 0 aromatic heterocycles. The molecule has 2 fully saturated rings. The molecule has 0 N–H and O–H groups in total. The molecule has 0 radical (unpaired) electrons. The largest absolute Gasteiger partial charge is 0.466 e. The lowest BCUT2D eigenvalue weighted by molar-refractivity contribution is -0.146. The first-order valence-corrected chi connectivity index (χ1v) is 4.55. The quantitative estimate of drug-likeness (QED) is 0.592. The van der Waals surface area contributed by atoms with Gasteiger partial charge in [0.25, 0.3) is 0 Å². The summed E-state index contributed by atoms with van der Waals surface area (Å²) in [4.78, 5) is 11.2. The van der Waals surface area contributed by atoms with Crippen LogP contribution in [0.15, 0.2) is 0 Å². The van der Waals surface area contributed by atoms with Gasteiger partial charge in [0.2, 0.25) is 0 Å². The van der Waals surface area contributed by atoms with Crippen molar-refractivity contribution in [2.24, 2.45) is 11.8 Å². The highest BCUT2D eigenvalue weighted by Gasteiger charge is 2.72. The summed E-state index contributed by atoms with van der Waals surface area (Å²) < 4.78 is 18.4. The summed E-state index contributed by atoms with van der Waals surface area (Å²) in [7, 11) is 0. The molecule has 0 saturated heterocycles. The van der Waals surface area contributed by atoms with E-state index < -0.39 is 11.6 Å². The normalized spacial score (nSPS) is 43.8. The van der Waals surface area contributed by atoms with Gasteiger partial charge in [-0.15, -0.1) is 0 Å². The molecule has 12 heavy (non-hydrogen) atoms. The maximum atomic E-state index is 13.6. The minimum atomic E-state index is -1.17. The molecule has 2 aliphatic carbocycles. The molecule has 3 atom stereocenters. The Labute approximate surface area is 71.1 Å². The van der Waals surface area contributed by atoms with E-state index in [0.29, 0.717) is 13.0 Å². The number of ether oxygens (including phenoxy) is 1. The summed E-state index contributed by atoms with van der Waals surface area (Å²) in [5.74, 6) is -0.771. The summed E-state index contributed by atoms with van der Waals surface area (Å²) in [5, 5.41) is 0. The van der Waals surface area contributed by atoms with Crippen LogP contribution in [-0.2, 0) is 9.53 Å². The van der Waals surface area contributed by atoms with E-state index in [1.807, 2.05) is 0 Å². The van der Waals surface area contributed by atoms with Crippen LogP contribution in [0.5, 0.6) is 0 Å². The van der Waals surface area contributed by atoms with Crippen LogP contribution in [0.1, 0.15) is 26.2 Å². The zero-order valence-electron chi connectivity index (χ0n) is 7.18. The van der Waals surface area contributed by atoms with E-state index in [4.69, 9.17) is 4.74 Å². The van der Waals surface area contributed by atoms with E-state index in [-0.39, 0.29) is 11.9 Å². The van der Waals surface area contributed by atoms with E-state index in [9.17, 15) is 9.18 Å². The van der Waals surface area contributed by atoms with Crippen LogP contribution in [0.3, 0.4) is 0 Å². The van der Waals surface area contributed by atoms with E-state index in [1.165, 1.54) is 0 Å². The summed E-state index contributed by atoms with van der Waals surface area (Å²) >= 11 is 0. The second kappa shape index (κ2) is 2.44. The van der Waals surface area contributed by atoms with Gasteiger partial charge >= 0.3 is 5.97 Å². The lowest BCUT2D eigenvalue weighted by Crippen LogP contribution is -2.14. The van der Waals surface area contributed by atoms with Gasteiger partial charge in [-0.05, 0) is 26.2 Å². The first-order valence-electron chi connectivity index (χ1n) is 4.55. The summed E-state index contributed by atoms with van der Waals surface area (Å²) in [5.41, 5.74) is -1.17. The predicted octanol–water partition coefficient (Wildman–Crippen LogP) is 1.69. The minimum absolute atomic E-state index is 0.0171. The molecule has 2 aliphatic rings. The lowest BCUT2D eigenvalue weighted by Gasteiger charge is -2.04. The second-order valence-electron chi connectivity index (χ2n) is 3.66. The maximum absolute atomic E-state index is 13.6. The second-order valence-corrected chi connectivity index (χ2v) is 3.66. The van der Waals surface area contributed by atoms with Gasteiger partial charge in [0, 0.05) is 5.92 Å². The average molecular weight is 172 g/mol. The fourth-order valence-electron chi connectivity index (χ4n) is 2.42. The monoisotopic (exact) mass is 172 g/mol. The van der Waals surface area contributed by atoms with Gasteiger partial charge in [-0.25, -0.2) is 4.39 Å². The van der Waals surface area contributed by atoms with Gasteiger partial charge in [-0.3, -0.25) is 4.79 Å². The molecule has 2 rings (SSSR count). The number of carbonyl (C=O) groups excluding carboxylic acids is 1. The topological polar surface area (TPSA) is 26.3 Å². The van der Waals surface area contributed by atoms with Crippen molar-refractivity contribution < 1.29 is 13.9 Å². The minimum Gasteiger partial charge on any atom is -0.466 e. The summed E-state index contributed by atoms with van der Waals surface area (Å²) in [6.07, 6.45) is 2.35. The zero-order valence-corrected chi connectivity index (χ0v) is 7.18. The van der Waals surface area contributed by atoms with Crippen molar-refractivity contribution in [3.05, 3.63) is 0 Å². The fraction of sp³-hybridized carbons (Fsp3) is 0.889. The molecule has 68 valence electrons. The number of rotatable bonds is 2. The van der Waals surface area contributed by atoms with Crippen molar-refractivity contribution in [3.8, 4) is 0 Å². The van der Waals surface area contributed by atoms with E-state index in [0.717, 1.165) is 12.8 Å². The summed E-state index contributed by atoms with van der Waals surface area (Å²) in [6.45, 7) is 2.11.